The molecule has 1 radical (unpaired) electrons. The molecule has 0 aromatic heterocycles. The van der Waals surface area contributed by atoms with Crippen LogP contribution in [0.3, 0.4) is 0 Å². The minimum Gasteiger partial charge on any atom is -0.396 e. The molecule has 0 saturated heterocycles. The Morgan fingerprint density at radius 1 is 0.615 bits per heavy atom. The molecule has 13 heavy (non-hydrogen) atoms. The summed E-state index contributed by atoms with van der Waals surface area (Å²) < 4.78 is 0. The van der Waals surface area contributed by atoms with E-state index < -0.39 is 0 Å². The van der Waals surface area contributed by atoms with Crippen molar-refractivity contribution in [1.82, 2.24) is 0 Å². The maximum Gasteiger partial charge on any atom is 0.0428 e. The van der Waals surface area contributed by atoms with Crippen LogP contribution in [0.4, 0.5) is 0 Å². The first-order chi connectivity index (χ1) is 5.74. The van der Waals surface area contributed by atoms with Crippen LogP contribution in [-0.2, 0) is 19.5 Å². The Labute approximate surface area is 94.9 Å². The zero-order valence-corrected chi connectivity index (χ0v) is 10.6. The third kappa shape index (κ3) is 112. The molecule has 4 heteroatoms. The number of aliphatic hydroxyl groups excluding tert-OH is 3. The monoisotopic (exact) mass is 283 g/mol. The molecule has 0 unspecified atom stereocenters. The fourth-order valence-corrected chi connectivity index (χ4v) is 0. The molecule has 0 heterocycles. The Hall–Kier alpha value is 0.503. The van der Waals surface area contributed by atoms with Crippen LogP contribution in [0.25, 0.3) is 0 Å². The van der Waals surface area contributed by atoms with E-state index in [0.717, 1.165) is 19.3 Å². The first-order valence-electron chi connectivity index (χ1n) is 4.57. The molecule has 0 fully saturated rings. The zero-order chi connectivity index (χ0) is 10.2. The minimum atomic E-state index is 0. The Morgan fingerprint density at radius 2 is 0.692 bits per heavy atom. The first kappa shape index (κ1) is 23.4. The third-order valence-electron chi connectivity index (χ3n) is 0.671. The molecule has 0 aliphatic carbocycles. The van der Waals surface area contributed by atoms with E-state index in [1.807, 2.05) is 20.8 Å². The van der Waals surface area contributed by atoms with Gasteiger partial charge in [0.2, 0.25) is 0 Å². The van der Waals surface area contributed by atoms with E-state index in [0.29, 0.717) is 19.8 Å². The summed E-state index contributed by atoms with van der Waals surface area (Å²) in [6.45, 7) is 6.75. The van der Waals surface area contributed by atoms with Gasteiger partial charge in [-0.25, -0.2) is 0 Å². The molecule has 0 aromatic carbocycles. The minimum absolute atomic E-state index is 0. The number of rotatable bonds is 3. The summed E-state index contributed by atoms with van der Waals surface area (Å²) in [5.41, 5.74) is 0. The van der Waals surface area contributed by atoms with Crippen LogP contribution >= 0.6 is 0 Å². The van der Waals surface area contributed by atoms with Crippen molar-refractivity contribution in [1.29, 1.82) is 0 Å². The molecule has 0 aliphatic rings. The molecule has 3 nitrogen and oxygen atoms in total. The fraction of sp³-hybridized carbons (Fsp3) is 1.00. The standard InChI is InChI=1S/3C3H8O.Rh/c3*1-2-3-4;/h3*4H,2-3H2,1H3;. The summed E-state index contributed by atoms with van der Waals surface area (Å²) in [6, 6.07) is 0. The average molecular weight is 283 g/mol. The Kier molecular flexibility index (Phi) is 70.3. The molecule has 0 bridgehead atoms. The van der Waals surface area contributed by atoms with E-state index in [4.69, 9.17) is 15.3 Å². The van der Waals surface area contributed by atoms with Crippen LogP contribution < -0.4 is 0 Å². The van der Waals surface area contributed by atoms with Crippen molar-refractivity contribution in [3.05, 3.63) is 0 Å². The predicted octanol–water partition coefficient (Wildman–Crippen LogP) is 1.16. The topological polar surface area (TPSA) is 60.7 Å². The quantitative estimate of drug-likeness (QED) is 0.681. The van der Waals surface area contributed by atoms with Gasteiger partial charge < -0.3 is 15.3 Å². The van der Waals surface area contributed by atoms with Gasteiger partial charge in [0.1, 0.15) is 0 Å². The van der Waals surface area contributed by atoms with Crippen molar-refractivity contribution in [3.8, 4) is 0 Å². The van der Waals surface area contributed by atoms with Crippen LogP contribution in [0.5, 0.6) is 0 Å². The van der Waals surface area contributed by atoms with E-state index >= 15 is 0 Å². The molecule has 0 rings (SSSR count). The molecule has 3 N–H and O–H groups in total. The summed E-state index contributed by atoms with van der Waals surface area (Å²) in [4.78, 5) is 0. The maximum atomic E-state index is 7.88. The smallest absolute Gasteiger partial charge is 0.0428 e. The second-order valence-electron chi connectivity index (χ2n) is 2.17. The van der Waals surface area contributed by atoms with Gasteiger partial charge in [0.25, 0.3) is 0 Å². The molecule has 87 valence electrons. The van der Waals surface area contributed by atoms with E-state index in [1.165, 1.54) is 0 Å². The van der Waals surface area contributed by atoms with Crippen molar-refractivity contribution in [2.24, 2.45) is 0 Å². The first-order valence-corrected chi connectivity index (χ1v) is 4.57. The van der Waals surface area contributed by atoms with Gasteiger partial charge in [-0.2, -0.15) is 0 Å². The summed E-state index contributed by atoms with van der Waals surface area (Å²) in [6.07, 6.45) is 2.62. The molecular weight excluding hydrogens is 259 g/mol. The van der Waals surface area contributed by atoms with Gasteiger partial charge in [-0.1, -0.05) is 20.8 Å². The van der Waals surface area contributed by atoms with Gasteiger partial charge in [0.15, 0.2) is 0 Å². The van der Waals surface area contributed by atoms with E-state index in [9.17, 15) is 0 Å². The normalized spacial score (nSPS) is 6.92. The van der Waals surface area contributed by atoms with E-state index in [1.54, 1.807) is 0 Å². The van der Waals surface area contributed by atoms with Crippen LogP contribution in [0.1, 0.15) is 40.0 Å². The van der Waals surface area contributed by atoms with E-state index in [2.05, 4.69) is 0 Å². The molecule has 0 aliphatic heterocycles. The van der Waals surface area contributed by atoms with Crippen molar-refractivity contribution < 1.29 is 34.8 Å². The van der Waals surface area contributed by atoms with E-state index in [-0.39, 0.29) is 19.5 Å². The Balaban J connectivity index is -0.0000000450. The molecule has 0 aromatic rings. The largest absolute Gasteiger partial charge is 0.396 e. The average Bonchev–Trinajstić information content (AvgIpc) is 2.18. The van der Waals surface area contributed by atoms with Crippen LogP contribution in [0, 0.1) is 0 Å². The van der Waals surface area contributed by atoms with Gasteiger partial charge in [-0.3, -0.25) is 0 Å². The number of hydrogen-bond acceptors (Lipinski definition) is 3. The second-order valence-corrected chi connectivity index (χ2v) is 2.17. The summed E-state index contributed by atoms with van der Waals surface area (Å²) in [5, 5.41) is 23.6. The van der Waals surface area contributed by atoms with Crippen molar-refractivity contribution in [2.75, 3.05) is 19.8 Å². The summed E-state index contributed by atoms with van der Waals surface area (Å²) in [7, 11) is 0. The number of hydrogen-bond donors (Lipinski definition) is 3. The Bertz CT molecular complexity index is 30.3. The van der Waals surface area contributed by atoms with Crippen molar-refractivity contribution >= 4 is 0 Å². The molecule has 0 amide bonds. The maximum absolute atomic E-state index is 7.88. The van der Waals surface area contributed by atoms with Gasteiger partial charge in [-0.05, 0) is 19.3 Å². The second kappa shape index (κ2) is 39.1. The molecular formula is C9H24O3Rh. The fourth-order valence-electron chi connectivity index (χ4n) is 0. The number of aliphatic hydroxyl groups is 3. The van der Waals surface area contributed by atoms with Crippen molar-refractivity contribution in [3.63, 3.8) is 0 Å². The molecule has 0 atom stereocenters. The summed E-state index contributed by atoms with van der Waals surface area (Å²) in [5.74, 6) is 0. The summed E-state index contributed by atoms with van der Waals surface area (Å²) >= 11 is 0. The van der Waals surface area contributed by atoms with Crippen LogP contribution in [0.2, 0.25) is 0 Å². The Morgan fingerprint density at radius 3 is 0.692 bits per heavy atom. The SMILES string of the molecule is CCCO.CCCO.CCCO.[Rh]. The van der Waals surface area contributed by atoms with Crippen molar-refractivity contribution in [2.45, 2.75) is 40.0 Å². The van der Waals surface area contributed by atoms with Crippen LogP contribution in [0.15, 0.2) is 0 Å². The molecule has 0 spiro atoms. The van der Waals surface area contributed by atoms with Gasteiger partial charge >= 0.3 is 0 Å². The zero-order valence-electron chi connectivity index (χ0n) is 8.92. The molecule has 0 saturated carbocycles. The van der Waals surface area contributed by atoms with Gasteiger partial charge in [0.05, 0.1) is 0 Å². The van der Waals surface area contributed by atoms with Crippen LogP contribution in [-0.4, -0.2) is 35.1 Å². The van der Waals surface area contributed by atoms with Gasteiger partial charge in [0, 0.05) is 39.3 Å². The third-order valence-corrected chi connectivity index (χ3v) is 0.671. The predicted molar refractivity (Wildman–Crippen MR) is 52.1 cm³/mol. The van der Waals surface area contributed by atoms with Gasteiger partial charge in [-0.15, -0.1) is 0 Å².